The van der Waals surface area contributed by atoms with Crippen molar-refractivity contribution in [3.05, 3.63) is 60.2 Å². The monoisotopic (exact) mass is 318 g/mol. The molecule has 1 saturated carbocycles. The van der Waals surface area contributed by atoms with Crippen molar-refractivity contribution in [3.63, 3.8) is 0 Å². The minimum absolute atomic E-state index is 0.261. The maximum atomic E-state index is 12.8. The number of allylic oxidation sites excluding steroid dienone is 2. The predicted octanol–water partition coefficient (Wildman–Crippen LogP) is 5.35. The van der Waals surface area contributed by atoms with Crippen molar-refractivity contribution >= 4 is 0 Å². The molecule has 1 fully saturated rings. The summed E-state index contributed by atoms with van der Waals surface area (Å²) in [4.78, 5) is 0. The molecule has 0 saturated heterocycles. The predicted molar refractivity (Wildman–Crippen MR) is 88.7 cm³/mol. The first-order valence-corrected chi connectivity index (χ1v) is 8.41. The summed E-state index contributed by atoms with van der Waals surface area (Å²) in [5, 5.41) is 0. The standard InChI is InChI=1S/C20H24F2O/c1-23-20(18-9-7-17(8-10-18)19(21)22)13-11-16(12-14-20)15-5-3-2-4-6-15/h2-6,11-14,16-19H,7-10H2,1H3/t16?,17-,18-,20?. The van der Waals surface area contributed by atoms with Crippen LogP contribution in [0.3, 0.4) is 0 Å². The molecule has 3 heteroatoms. The zero-order valence-electron chi connectivity index (χ0n) is 13.5. The fourth-order valence-electron chi connectivity index (χ4n) is 3.92. The van der Waals surface area contributed by atoms with Gasteiger partial charge in [-0.1, -0.05) is 54.6 Å². The van der Waals surface area contributed by atoms with Crippen LogP contribution in [0.1, 0.15) is 37.2 Å². The lowest BCUT2D eigenvalue weighted by Crippen LogP contribution is -2.40. The minimum Gasteiger partial charge on any atom is -0.370 e. The van der Waals surface area contributed by atoms with Crippen molar-refractivity contribution in [3.8, 4) is 0 Å². The summed E-state index contributed by atoms with van der Waals surface area (Å²) < 4.78 is 31.5. The van der Waals surface area contributed by atoms with Gasteiger partial charge in [0.25, 0.3) is 0 Å². The zero-order valence-corrected chi connectivity index (χ0v) is 13.5. The summed E-state index contributed by atoms with van der Waals surface area (Å²) in [6, 6.07) is 10.3. The highest BCUT2D eigenvalue weighted by atomic mass is 19.3. The molecule has 0 aliphatic heterocycles. The summed E-state index contributed by atoms with van der Waals surface area (Å²) in [6.07, 6.45) is 9.23. The van der Waals surface area contributed by atoms with E-state index < -0.39 is 17.9 Å². The number of rotatable bonds is 4. The van der Waals surface area contributed by atoms with Crippen LogP contribution in [0.15, 0.2) is 54.6 Å². The first-order chi connectivity index (χ1) is 11.1. The minimum atomic E-state index is -2.19. The number of alkyl halides is 2. The third-order valence-electron chi connectivity index (χ3n) is 5.43. The van der Waals surface area contributed by atoms with Crippen LogP contribution in [0.2, 0.25) is 0 Å². The second-order valence-electron chi connectivity index (χ2n) is 6.66. The number of halogens is 2. The van der Waals surface area contributed by atoms with Crippen LogP contribution in [0.4, 0.5) is 8.78 Å². The average Bonchev–Trinajstić information content (AvgIpc) is 2.62. The molecule has 23 heavy (non-hydrogen) atoms. The highest BCUT2D eigenvalue weighted by molar-refractivity contribution is 5.36. The largest absolute Gasteiger partial charge is 0.370 e. The number of ether oxygens (including phenoxy) is 1. The van der Waals surface area contributed by atoms with Crippen LogP contribution in [0.5, 0.6) is 0 Å². The van der Waals surface area contributed by atoms with Crippen molar-refractivity contribution in [2.75, 3.05) is 7.11 Å². The van der Waals surface area contributed by atoms with Crippen LogP contribution >= 0.6 is 0 Å². The fraction of sp³-hybridized carbons (Fsp3) is 0.500. The molecule has 0 aromatic heterocycles. The molecular weight excluding hydrogens is 294 g/mol. The van der Waals surface area contributed by atoms with Gasteiger partial charge in [0.1, 0.15) is 5.60 Å². The lowest BCUT2D eigenvalue weighted by atomic mass is 9.71. The lowest BCUT2D eigenvalue weighted by Gasteiger charge is -2.41. The molecule has 0 radical (unpaired) electrons. The van der Waals surface area contributed by atoms with E-state index >= 15 is 0 Å². The second-order valence-corrected chi connectivity index (χ2v) is 6.66. The molecule has 0 bridgehead atoms. The van der Waals surface area contributed by atoms with Crippen LogP contribution in [0, 0.1) is 11.8 Å². The topological polar surface area (TPSA) is 9.23 Å². The van der Waals surface area contributed by atoms with Gasteiger partial charge >= 0.3 is 0 Å². The van der Waals surface area contributed by atoms with E-state index in [4.69, 9.17) is 4.74 Å². The fourth-order valence-corrected chi connectivity index (χ4v) is 3.92. The number of methoxy groups -OCH3 is 1. The van der Waals surface area contributed by atoms with Crippen molar-refractivity contribution in [1.82, 2.24) is 0 Å². The molecule has 124 valence electrons. The molecule has 0 spiro atoms. The van der Waals surface area contributed by atoms with Crippen molar-refractivity contribution in [2.45, 2.75) is 43.6 Å². The molecule has 0 N–H and O–H groups in total. The normalized spacial score (nSPS) is 34.0. The average molecular weight is 318 g/mol. The Kier molecular flexibility index (Phi) is 4.96. The van der Waals surface area contributed by atoms with Gasteiger partial charge in [-0.05, 0) is 37.2 Å². The summed E-state index contributed by atoms with van der Waals surface area (Å²) in [5.41, 5.74) is 0.823. The summed E-state index contributed by atoms with van der Waals surface area (Å²) in [5.74, 6) is 0.109. The van der Waals surface area contributed by atoms with Gasteiger partial charge < -0.3 is 4.74 Å². The Labute approximate surface area is 137 Å². The second kappa shape index (κ2) is 6.96. The molecule has 0 atom stereocenters. The van der Waals surface area contributed by atoms with E-state index in [-0.39, 0.29) is 11.8 Å². The Morgan fingerprint density at radius 1 is 1.00 bits per heavy atom. The smallest absolute Gasteiger partial charge is 0.241 e. The maximum absolute atomic E-state index is 12.8. The molecule has 0 amide bonds. The molecule has 0 unspecified atom stereocenters. The summed E-state index contributed by atoms with van der Waals surface area (Å²) in [7, 11) is 1.72. The molecule has 2 aliphatic rings. The van der Waals surface area contributed by atoms with E-state index in [1.165, 1.54) is 5.56 Å². The summed E-state index contributed by atoms with van der Waals surface area (Å²) in [6.45, 7) is 0. The van der Waals surface area contributed by atoms with Crippen LogP contribution in [-0.2, 0) is 4.74 Å². The lowest BCUT2D eigenvalue weighted by molar-refractivity contribution is -0.0196. The van der Waals surface area contributed by atoms with E-state index in [0.29, 0.717) is 12.8 Å². The first kappa shape index (κ1) is 16.4. The van der Waals surface area contributed by atoms with Crippen LogP contribution in [-0.4, -0.2) is 19.1 Å². The van der Waals surface area contributed by atoms with Gasteiger partial charge in [0.15, 0.2) is 0 Å². The van der Waals surface area contributed by atoms with Gasteiger partial charge in [-0.2, -0.15) is 0 Å². The molecule has 1 aromatic rings. The van der Waals surface area contributed by atoms with Gasteiger partial charge in [-0.15, -0.1) is 0 Å². The quantitative estimate of drug-likeness (QED) is 0.680. The molecule has 1 nitrogen and oxygen atoms in total. The number of hydrogen-bond donors (Lipinski definition) is 0. The molecular formula is C20H24F2O. The number of hydrogen-bond acceptors (Lipinski definition) is 1. The van der Waals surface area contributed by atoms with Crippen LogP contribution in [0.25, 0.3) is 0 Å². The van der Waals surface area contributed by atoms with Crippen LogP contribution < -0.4 is 0 Å². The van der Waals surface area contributed by atoms with E-state index in [1.807, 2.05) is 18.2 Å². The molecule has 2 aliphatic carbocycles. The summed E-state index contributed by atoms with van der Waals surface area (Å²) >= 11 is 0. The Bertz CT molecular complexity index is 542. The Morgan fingerprint density at radius 3 is 2.13 bits per heavy atom. The SMILES string of the molecule is COC1([C@H]2CC[C@H](C(F)F)CC2)C=CC(c2ccccc2)C=C1. The Morgan fingerprint density at radius 2 is 1.61 bits per heavy atom. The zero-order chi connectivity index (χ0) is 16.3. The van der Waals surface area contributed by atoms with E-state index in [0.717, 1.165) is 12.8 Å². The highest BCUT2D eigenvalue weighted by Gasteiger charge is 2.40. The van der Waals surface area contributed by atoms with Gasteiger partial charge in [0.05, 0.1) is 0 Å². The van der Waals surface area contributed by atoms with E-state index in [2.05, 4.69) is 36.4 Å². The maximum Gasteiger partial charge on any atom is 0.241 e. The number of benzene rings is 1. The Hall–Kier alpha value is -1.48. The molecule has 1 aromatic carbocycles. The third-order valence-corrected chi connectivity index (χ3v) is 5.43. The van der Waals surface area contributed by atoms with Gasteiger partial charge in [0.2, 0.25) is 6.43 Å². The Balaban J connectivity index is 1.71. The van der Waals surface area contributed by atoms with E-state index in [9.17, 15) is 8.78 Å². The third kappa shape index (κ3) is 3.40. The molecule has 3 rings (SSSR count). The van der Waals surface area contributed by atoms with Gasteiger partial charge in [0, 0.05) is 18.9 Å². The van der Waals surface area contributed by atoms with E-state index in [1.54, 1.807) is 7.11 Å². The highest BCUT2D eigenvalue weighted by Crippen LogP contribution is 2.43. The van der Waals surface area contributed by atoms with Crippen molar-refractivity contribution in [1.29, 1.82) is 0 Å². The van der Waals surface area contributed by atoms with Crippen molar-refractivity contribution < 1.29 is 13.5 Å². The first-order valence-electron chi connectivity index (χ1n) is 8.41. The van der Waals surface area contributed by atoms with Gasteiger partial charge in [-0.25, -0.2) is 8.78 Å². The molecule has 0 heterocycles. The van der Waals surface area contributed by atoms with Crippen molar-refractivity contribution in [2.24, 2.45) is 11.8 Å². The van der Waals surface area contributed by atoms with Gasteiger partial charge in [-0.3, -0.25) is 0 Å².